The minimum Gasteiger partial charge on any atom is -0.462 e. The third-order valence-corrected chi connectivity index (χ3v) is 7.06. The van der Waals surface area contributed by atoms with Crippen molar-refractivity contribution in [1.29, 1.82) is 0 Å². The third-order valence-electron chi connectivity index (χ3n) is 5.23. The number of esters is 1. The van der Waals surface area contributed by atoms with Gasteiger partial charge in [-0.05, 0) is 67.6 Å². The standard InChI is InChI=1S/C25H23N3O4S2/c1-4-32-24(31)18-7-5-6-8-19(18)26-21(29)14-34-25-27-20-11-12-33-22(20)23(30)28(25)17-10-9-15(2)16(3)13-17/h5-13H,4,14H2,1-3H3,(H,26,29). The first kappa shape index (κ1) is 23.7. The number of amides is 1. The average molecular weight is 494 g/mol. The fourth-order valence-electron chi connectivity index (χ4n) is 3.38. The number of hydrogen-bond donors (Lipinski definition) is 1. The molecule has 174 valence electrons. The van der Waals surface area contributed by atoms with Gasteiger partial charge in [-0.1, -0.05) is 30.0 Å². The van der Waals surface area contributed by atoms with Crippen LogP contribution in [0.3, 0.4) is 0 Å². The average Bonchev–Trinajstić information content (AvgIpc) is 3.29. The van der Waals surface area contributed by atoms with Crippen molar-refractivity contribution in [1.82, 2.24) is 9.55 Å². The van der Waals surface area contributed by atoms with Crippen LogP contribution in [-0.4, -0.2) is 33.8 Å². The molecule has 0 aliphatic carbocycles. The predicted molar refractivity (Wildman–Crippen MR) is 136 cm³/mol. The minimum atomic E-state index is -0.501. The first-order valence-corrected chi connectivity index (χ1v) is 12.5. The number of nitrogens with one attached hydrogen (secondary N) is 1. The Kier molecular flexibility index (Phi) is 7.14. The molecular weight excluding hydrogens is 470 g/mol. The Balaban J connectivity index is 1.62. The quantitative estimate of drug-likeness (QED) is 0.222. The predicted octanol–water partition coefficient (Wildman–Crippen LogP) is 4.97. The maximum atomic E-state index is 13.3. The lowest BCUT2D eigenvalue weighted by Gasteiger charge is -2.14. The van der Waals surface area contributed by atoms with Gasteiger partial charge in [-0.3, -0.25) is 14.2 Å². The molecule has 0 aliphatic heterocycles. The van der Waals surface area contributed by atoms with Crippen LogP contribution in [-0.2, 0) is 9.53 Å². The van der Waals surface area contributed by atoms with Crippen molar-refractivity contribution in [3.8, 4) is 5.69 Å². The number of aryl methyl sites for hydroxylation is 2. The SMILES string of the molecule is CCOC(=O)c1ccccc1NC(=O)CSc1nc2ccsc2c(=O)n1-c1ccc(C)c(C)c1. The van der Waals surface area contributed by atoms with Crippen LogP contribution in [0.5, 0.6) is 0 Å². The molecule has 0 unspecified atom stereocenters. The van der Waals surface area contributed by atoms with Gasteiger partial charge in [0.25, 0.3) is 5.56 Å². The smallest absolute Gasteiger partial charge is 0.340 e. The Bertz CT molecular complexity index is 1440. The highest BCUT2D eigenvalue weighted by Crippen LogP contribution is 2.25. The van der Waals surface area contributed by atoms with Gasteiger partial charge in [-0.15, -0.1) is 11.3 Å². The second-order valence-electron chi connectivity index (χ2n) is 7.54. The van der Waals surface area contributed by atoms with E-state index in [1.54, 1.807) is 41.8 Å². The van der Waals surface area contributed by atoms with E-state index in [4.69, 9.17) is 4.74 Å². The van der Waals surface area contributed by atoms with Gasteiger partial charge in [-0.25, -0.2) is 9.78 Å². The molecule has 7 nitrogen and oxygen atoms in total. The Morgan fingerprint density at radius 2 is 1.91 bits per heavy atom. The fraction of sp³-hybridized carbons (Fsp3) is 0.200. The number of nitrogens with zero attached hydrogens (tertiary/aromatic N) is 2. The van der Waals surface area contributed by atoms with Crippen molar-refractivity contribution in [3.63, 3.8) is 0 Å². The highest BCUT2D eigenvalue weighted by molar-refractivity contribution is 7.99. The van der Waals surface area contributed by atoms with Gasteiger partial charge in [0.15, 0.2) is 5.16 Å². The summed E-state index contributed by atoms with van der Waals surface area (Å²) < 4.78 is 7.18. The monoisotopic (exact) mass is 493 g/mol. The van der Waals surface area contributed by atoms with Crippen molar-refractivity contribution in [2.24, 2.45) is 0 Å². The van der Waals surface area contributed by atoms with Crippen LogP contribution in [0.2, 0.25) is 0 Å². The molecule has 1 N–H and O–H groups in total. The molecule has 0 spiro atoms. The molecule has 9 heteroatoms. The topological polar surface area (TPSA) is 90.3 Å². The summed E-state index contributed by atoms with van der Waals surface area (Å²) in [6.45, 7) is 5.96. The zero-order valence-corrected chi connectivity index (χ0v) is 20.6. The maximum absolute atomic E-state index is 13.3. The zero-order chi connectivity index (χ0) is 24.2. The van der Waals surface area contributed by atoms with Gasteiger partial charge in [0.2, 0.25) is 5.91 Å². The molecule has 2 heterocycles. The summed E-state index contributed by atoms with van der Waals surface area (Å²) in [5, 5.41) is 5.02. The first-order valence-electron chi connectivity index (χ1n) is 10.7. The molecule has 1 amide bonds. The lowest BCUT2D eigenvalue weighted by molar-refractivity contribution is -0.113. The Hall–Kier alpha value is -3.43. The van der Waals surface area contributed by atoms with E-state index in [0.29, 0.717) is 26.7 Å². The molecule has 0 atom stereocenters. The first-order chi connectivity index (χ1) is 16.4. The number of carbonyl (C=O) groups excluding carboxylic acids is 2. The van der Waals surface area contributed by atoms with Crippen molar-refractivity contribution >= 4 is 50.9 Å². The summed E-state index contributed by atoms with van der Waals surface area (Å²) in [7, 11) is 0. The van der Waals surface area contributed by atoms with Gasteiger partial charge in [0.05, 0.1) is 34.8 Å². The summed E-state index contributed by atoms with van der Waals surface area (Å²) >= 11 is 2.51. The molecule has 2 aromatic carbocycles. The highest BCUT2D eigenvalue weighted by atomic mass is 32.2. The number of ether oxygens (including phenoxy) is 1. The molecule has 0 aliphatic rings. The van der Waals surface area contributed by atoms with E-state index in [1.807, 2.05) is 37.4 Å². The molecule has 0 saturated heterocycles. The van der Waals surface area contributed by atoms with E-state index in [9.17, 15) is 14.4 Å². The zero-order valence-electron chi connectivity index (χ0n) is 19.0. The number of thioether (sulfide) groups is 1. The molecule has 0 saturated carbocycles. The van der Waals surface area contributed by atoms with E-state index in [2.05, 4.69) is 10.3 Å². The number of carbonyl (C=O) groups is 2. The van der Waals surface area contributed by atoms with Gasteiger partial charge in [0, 0.05) is 0 Å². The van der Waals surface area contributed by atoms with E-state index in [1.165, 1.54) is 11.3 Å². The van der Waals surface area contributed by atoms with Gasteiger partial charge < -0.3 is 10.1 Å². The second kappa shape index (κ2) is 10.2. The number of anilines is 1. The highest BCUT2D eigenvalue weighted by Gasteiger charge is 2.18. The summed E-state index contributed by atoms with van der Waals surface area (Å²) in [6, 6.07) is 14.3. The number of thiophene rings is 1. The second-order valence-corrected chi connectivity index (χ2v) is 9.40. The van der Waals surface area contributed by atoms with Crippen LogP contribution in [0.1, 0.15) is 28.4 Å². The van der Waals surface area contributed by atoms with Crippen LogP contribution in [0.15, 0.2) is 63.9 Å². The molecule has 34 heavy (non-hydrogen) atoms. The van der Waals surface area contributed by atoms with E-state index in [-0.39, 0.29) is 29.4 Å². The van der Waals surface area contributed by atoms with E-state index < -0.39 is 5.97 Å². The molecule has 0 radical (unpaired) electrons. The maximum Gasteiger partial charge on any atom is 0.340 e. The van der Waals surface area contributed by atoms with Crippen LogP contribution in [0, 0.1) is 13.8 Å². The summed E-state index contributed by atoms with van der Waals surface area (Å²) in [5.41, 5.74) is 3.97. The molecule has 0 bridgehead atoms. The normalized spacial score (nSPS) is 10.9. The Morgan fingerprint density at radius 1 is 1.12 bits per heavy atom. The van der Waals surface area contributed by atoms with Gasteiger partial charge >= 0.3 is 5.97 Å². The van der Waals surface area contributed by atoms with E-state index >= 15 is 0 Å². The van der Waals surface area contributed by atoms with E-state index in [0.717, 1.165) is 22.9 Å². The van der Waals surface area contributed by atoms with Gasteiger partial charge in [0.1, 0.15) is 4.70 Å². The Morgan fingerprint density at radius 3 is 2.68 bits per heavy atom. The lowest BCUT2D eigenvalue weighted by Crippen LogP contribution is -2.22. The molecule has 4 aromatic rings. The van der Waals surface area contributed by atoms with Crippen LogP contribution in [0.4, 0.5) is 5.69 Å². The van der Waals surface area contributed by atoms with Crippen molar-refractivity contribution < 1.29 is 14.3 Å². The lowest BCUT2D eigenvalue weighted by atomic mass is 10.1. The fourth-order valence-corrected chi connectivity index (χ4v) is 4.95. The number of para-hydroxylation sites is 1. The number of fused-ring (bicyclic) bond motifs is 1. The largest absolute Gasteiger partial charge is 0.462 e. The summed E-state index contributed by atoms with van der Waals surface area (Å²) in [5.74, 6) is -0.823. The van der Waals surface area contributed by atoms with Crippen molar-refractivity contribution in [2.75, 3.05) is 17.7 Å². The van der Waals surface area contributed by atoms with Crippen molar-refractivity contribution in [3.05, 3.63) is 81.0 Å². The number of benzene rings is 2. The molecule has 4 rings (SSSR count). The Labute approximate surface area is 204 Å². The molecule has 0 fully saturated rings. The minimum absolute atomic E-state index is 0.00405. The number of aromatic nitrogens is 2. The third kappa shape index (κ3) is 4.90. The number of rotatable bonds is 7. The molecule has 2 aromatic heterocycles. The summed E-state index contributed by atoms with van der Waals surface area (Å²) in [4.78, 5) is 42.9. The van der Waals surface area contributed by atoms with Gasteiger partial charge in [-0.2, -0.15) is 0 Å². The van der Waals surface area contributed by atoms with Crippen LogP contribution in [0.25, 0.3) is 15.9 Å². The van der Waals surface area contributed by atoms with Crippen molar-refractivity contribution in [2.45, 2.75) is 25.9 Å². The summed E-state index contributed by atoms with van der Waals surface area (Å²) in [6.07, 6.45) is 0. The number of hydrogen-bond acceptors (Lipinski definition) is 7. The van der Waals surface area contributed by atoms with Crippen LogP contribution >= 0.6 is 23.1 Å². The molecular formula is C25H23N3O4S2. The van der Waals surface area contributed by atoms with Crippen LogP contribution < -0.4 is 10.9 Å².